The van der Waals surface area contributed by atoms with Gasteiger partial charge in [0.2, 0.25) is 0 Å². The molecule has 1 fully saturated rings. The lowest BCUT2D eigenvalue weighted by molar-refractivity contribution is -0.355. The quantitative estimate of drug-likeness (QED) is 0.177. The highest BCUT2D eigenvalue weighted by molar-refractivity contribution is 14.1. The van der Waals surface area contributed by atoms with Gasteiger partial charge in [0.25, 0.3) is 6.48 Å². The largest absolute Gasteiger partial charge is 0.497 e. The molecule has 0 aliphatic carbocycles. The Morgan fingerprint density at radius 2 is 1.78 bits per heavy atom. The average molecular weight is 579 g/mol. The third-order valence-electron chi connectivity index (χ3n) is 6.95. The first-order chi connectivity index (χ1) is 14.9. The van der Waals surface area contributed by atoms with Crippen LogP contribution in [-0.4, -0.2) is 45.1 Å². The van der Waals surface area contributed by atoms with E-state index < -0.39 is 14.8 Å². The van der Waals surface area contributed by atoms with Crippen molar-refractivity contribution in [1.29, 1.82) is 0 Å². The van der Waals surface area contributed by atoms with E-state index in [4.69, 9.17) is 23.4 Å². The Bertz CT molecular complexity index is 691. The zero-order chi connectivity index (χ0) is 24.1. The second-order valence-electron chi connectivity index (χ2n) is 10.7. The Kier molecular flexibility index (Phi) is 10.5. The number of hydrogen-bond acceptors (Lipinski definition) is 5. The normalized spacial score (nSPS) is 25.2. The Labute approximate surface area is 210 Å². The van der Waals surface area contributed by atoms with E-state index in [1.807, 2.05) is 24.3 Å². The van der Waals surface area contributed by atoms with Crippen molar-refractivity contribution in [3.8, 4) is 5.75 Å². The van der Waals surface area contributed by atoms with Gasteiger partial charge in [0.1, 0.15) is 5.75 Å². The van der Waals surface area contributed by atoms with Gasteiger partial charge in [-0.3, -0.25) is 0 Å². The fourth-order valence-corrected chi connectivity index (χ4v) is 5.76. The summed E-state index contributed by atoms with van der Waals surface area (Å²) in [4.78, 5) is 0. The minimum absolute atomic E-state index is 0.0183. The van der Waals surface area contributed by atoms with Crippen molar-refractivity contribution in [2.75, 3.05) is 18.1 Å². The number of alkyl halides is 1. The summed E-state index contributed by atoms with van der Waals surface area (Å²) >= 11 is 2.48. The molecule has 5 nitrogen and oxygen atoms in total. The molecule has 0 radical (unpaired) electrons. The molecule has 1 aromatic carbocycles. The molecule has 0 saturated carbocycles. The van der Waals surface area contributed by atoms with Crippen LogP contribution in [0.4, 0.5) is 0 Å². The van der Waals surface area contributed by atoms with E-state index in [-0.39, 0.29) is 29.1 Å². The summed E-state index contributed by atoms with van der Waals surface area (Å²) < 4.78 is 31.4. The molecule has 184 valence electrons. The van der Waals surface area contributed by atoms with Crippen molar-refractivity contribution in [2.45, 2.75) is 85.0 Å². The van der Waals surface area contributed by atoms with Crippen molar-refractivity contribution in [2.24, 2.45) is 17.8 Å². The molecule has 0 amide bonds. The van der Waals surface area contributed by atoms with Gasteiger partial charge in [-0.1, -0.05) is 76.3 Å². The first-order valence-corrected chi connectivity index (χ1v) is 16.1. The van der Waals surface area contributed by atoms with Crippen LogP contribution in [0.5, 0.6) is 5.75 Å². The van der Waals surface area contributed by atoms with Crippen LogP contribution in [0.15, 0.2) is 24.3 Å². The summed E-state index contributed by atoms with van der Waals surface area (Å²) in [5.41, 5.74) is 1.05. The number of hydrogen-bond donors (Lipinski definition) is 0. The Morgan fingerprint density at radius 3 is 2.31 bits per heavy atom. The van der Waals surface area contributed by atoms with Crippen LogP contribution in [0.25, 0.3) is 0 Å². The molecule has 0 N–H and O–H groups in total. The molecule has 1 heterocycles. The second-order valence-corrected chi connectivity index (χ2v) is 16.3. The van der Waals surface area contributed by atoms with Gasteiger partial charge in [0.05, 0.1) is 32.5 Å². The standard InChI is InChI=1S/C25H43IO5Si/c1-17(14-26)23(31-32(8,9)25(4,5)6)19(3)22-18(2)15-28-24(30-22)29-16-20-10-12-21(27-7)13-11-20/h10-13,17-19,22-24H,14-16H2,1-9H3/t17-,18-,19+,22-,23+,24+/m0/s1. The van der Waals surface area contributed by atoms with Gasteiger partial charge in [-0.2, -0.15) is 0 Å². The molecule has 1 aliphatic heterocycles. The van der Waals surface area contributed by atoms with Gasteiger partial charge in [-0.15, -0.1) is 0 Å². The highest BCUT2D eigenvalue weighted by Crippen LogP contribution is 2.41. The molecular formula is C25H43IO5Si. The average Bonchev–Trinajstić information content (AvgIpc) is 2.75. The zero-order valence-corrected chi connectivity index (χ0v) is 24.5. The first kappa shape index (κ1) is 28.0. The maximum absolute atomic E-state index is 6.97. The van der Waals surface area contributed by atoms with Crippen molar-refractivity contribution in [3.05, 3.63) is 29.8 Å². The predicted molar refractivity (Wildman–Crippen MR) is 141 cm³/mol. The van der Waals surface area contributed by atoms with Gasteiger partial charge >= 0.3 is 0 Å². The van der Waals surface area contributed by atoms with Crippen LogP contribution in [0.2, 0.25) is 18.1 Å². The summed E-state index contributed by atoms with van der Waals surface area (Å²) in [6.45, 7) is 18.7. The maximum Gasteiger partial charge on any atom is 0.272 e. The number of halogens is 1. The summed E-state index contributed by atoms with van der Waals surface area (Å²) in [6.07, 6.45) is 0.158. The molecule has 0 aromatic heterocycles. The van der Waals surface area contributed by atoms with Gasteiger partial charge in [0.15, 0.2) is 8.32 Å². The van der Waals surface area contributed by atoms with Crippen molar-refractivity contribution >= 4 is 30.9 Å². The first-order valence-electron chi connectivity index (χ1n) is 11.6. The van der Waals surface area contributed by atoms with E-state index in [0.717, 1.165) is 15.7 Å². The summed E-state index contributed by atoms with van der Waals surface area (Å²) in [5, 5.41) is 0.169. The lowest BCUT2D eigenvalue weighted by Crippen LogP contribution is -2.52. The van der Waals surface area contributed by atoms with Gasteiger partial charge in [-0.05, 0) is 41.7 Å². The van der Waals surface area contributed by atoms with E-state index in [9.17, 15) is 0 Å². The van der Waals surface area contributed by atoms with Crippen LogP contribution in [0.1, 0.15) is 47.1 Å². The number of ether oxygens (including phenoxy) is 4. The molecule has 6 atom stereocenters. The van der Waals surface area contributed by atoms with Gasteiger partial charge in [0, 0.05) is 16.3 Å². The molecule has 0 bridgehead atoms. The van der Waals surface area contributed by atoms with Gasteiger partial charge in [-0.25, -0.2) is 0 Å². The molecule has 1 aliphatic rings. The van der Waals surface area contributed by atoms with E-state index >= 15 is 0 Å². The van der Waals surface area contributed by atoms with E-state index in [0.29, 0.717) is 19.1 Å². The number of rotatable bonds is 10. The molecule has 2 rings (SSSR count). The highest BCUT2D eigenvalue weighted by atomic mass is 127. The molecular weight excluding hydrogens is 535 g/mol. The minimum Gasteiger partial charge on any atom is -0.497 e. The Balaban J connectivity index is 2.07. The predicted octanol–water partition coefficient (Wildman–Crippen LogP) is 6.64. The lowest BCUT2D eigenvalue weighted by atomic mass is 9.84. The third kappa shape index (κ3) is 7.40. The van der Waals surface area contributed by atoms with Crippen LogP contribution in [-0.2, 0) is 25.2 Å². The lowest BCUT2D eigenvalue weighted by Gasteiger charge is -2.46. The molecule has 1 aromatic rings. The fraction of sp³-hybridized carbons (Fsp3) is 0.760. The fourth-order valence-electron chi connectivity index (χ4n) is 3.78. The zero-order valence-electron chi connectivity index (χ0n) is 21.3. The highest BCUT2D eigenvalue weighted by Gasteiger charge is 2.44. The summed E-state index contributed by atoms with van der Waals surface area (Å²) in [7, 11) is -0.246. The number of methoxy groups -OCH3 is 1. The molecule has 7 heteroatoms. The second kappa shape index (κ2) is 12.0. The summed E-state index contributed by atoms with van der Waals surface area (Å²) in [5.74, 6) is 1.79. The van der Waals surface area contributed by atoms with Crippen LogP contribution >= 0.6 is 22.6 Å². The minimum atomic E-state index is -1.91. The van der Waals surface area contributed by atoms with Gasteiger partial charge < -0.3 is 23.4 Å². The monoisotopic (exact) mass is 578 g/mol. The topological polar surface area (TPSA) is 46.2 Å². The Hall–Kier alpha value is -0.193. The smallest absolute Gasteiger partial charge is 0.272 e. The van der Waals surface area contributed by atoms with E-state index in [1.54, 1.807) is 7.11 Å². The molecule has 0 spiro atoms. The van der Waals surface area contributed by atoms with E-state index in [1.165, 1.54) is 0 Å². The molecule has 0 unspecified atom stereocenters. The van der Waals surface area contributed by atoms with Crippen molar-refractivity contribution in [3.63, 3.8) is 0 Å². The van der Waals surface area contributed by atoms with Crippen molar-refractivity contribution < 1.29 is 23.4 Å². The van der Waals surface area contributed by atoms with Crippen LogP contribution in [0, 0.1) is 17.8 Å². The number of benzene rings is 1. The SMILES string of the molecule is COc1ccc(CO[C@H]2OC[C@H](C)[C@@H]([C@@H](C)[C@H](O[Si](C)(C)C(C)(C)C)[C@@H](C)CI)O2)cc1. The third-order valence-corrected chi connectivity index (χ3v) is 12.8. The van der Waals surface area contributed by atoms with Crippen LogP contribution < -0.4 is 4.74 Å². The maximum atomic E-state index is 6.97. The van der Waals surface area contributed by atoms with E-state index in [2.05, 4.69) is 77.2 Å². The van der Waals surface area contributed by atoms with Crippen molar-refractivity contribution in [1.82, 2.24) is 0 Å². The summed E-state index contributed by atoms with van der Waals surface area (Å²) in [6, 6.07) is 7.86. The van der Waals surface area contributed by atoms with Crippen LogP contribution in [0.3, 0.4) is 0 Å². The Morgan fingerprint density at radius 1 is 1.16 bits per heavy atom. The molecule has 1 saturated heterocycles. The molecule has 32 heavy (non-hydrogen) atoms.